The highest BCUT2D eigenvalue weighted by atomic mass is 16.5. The number of ether oxygens (including phenoxy) is 1. The number of likely N-dealkylation sites (N-methyl/N-ethyl adjacent to an activating group) is 1. The first-order valence-corrected chi connectivity index (χ1v) is 4.15. The van der Waals surface area contributed by atoms with Crippen LogP contribution < -0.4 is 0 Å². The van der Waals surface area contributed by atoms with Crippen LogP contribution in [-0.4, -0.2) is 47.7 Å². The SMILES string of the molecule is C[C@H](OC1CCN(C)C1=O)C(=O)O. The lowest BCUT2D eigenvalue weighted by atomic mass is 10.3. The Bertz CT molecular complexity index is 228. The minimum Gasteiger partial charge on any atom is -0.479 e. The van der Waals surface area contributed by atoms with Gasteiger partial charge < -0.3 is 14.7 Å². The topological polar surface area (TPSA) is 66.8 Å². The van der Waals surface area contributed by atoms with Crippen LogP contribution in [0.15, 0.2) is 0 Å². The van der Waals surface area contributed by atoms with E-state index in [-0.39, 0.29) is 5.91 Å². The third-order valence-electron chi connectivity index (χ3n) is 2.09. The van der Waals surface area contributed by atoms with Crippen LogP contribution in [0.25, 0.3) is 0 Å². The zero-order chi connectivity index (χ0) is 10.0. The third-order valence-corrected chi connectivity index (χ3v) is 2.09. The van der Waals surface area contributed by atoms with Gasteiger partial charge in [0, 0.05) is 20.0 Å². The number of aliphatic carboxylic acids is 1. The molecular formula is C8H13NO4. The summed E-state index contributed by atoms with van der Waals surface area (Å²) in [6.45, 7) is 2.06. The van der Waals surface area contributed by atoms with E-state index in [1.807, 2.05) is 0 Å². The highest BCUT2D eigenvalue weighted by Gasteiger charge is 2.32. The molecule has 0 aromatic heterocycles. The Morgan fingerprint density at radius 3 is 2.77 bits per heavy atom. The number of hydrogen-bond donors (Lipinski definition) is 1. The number of amides is 1. The molecule has 1 heterocycles. The molecule has 0 aliphatic carbocycles. The van der Waals surface area contributed by atoms with Gasteiger partial charge in [0.05, 0.1) is 0 Å². The van der Waals surface area contributed by atoms with Crippen LogP contribution in [0.5, 0.6) is 0 Å². The Kier molecular flexibility index (Phi) is 2.87. The molecule has 13 heavy (non-hydrogen) atoms. The molecule has 1 fully saturated rings. The average Bonchev–Trinajstić information content (AvgIpc) is 2.36. The molecule has 1 unspecified atom stereocenters. The molecule has 0 spiro atoms. The normalized spacial score (nSPS) is 24.9. The Balaban J connectivity index is 2.47. The maximum absolute atomic E-state index is 11.3. The second-order valence-corrected chi connectivity index (χ2v) is 3.15. The molecule has 0 saturated carbocycles. The molecule has 2 atom stereocenters. The molecule has 5 heteroatoms. The first-order valence-electron chi connectivity index (χ1n) is 4.15. The molecule has 0 aromatic carbocycles. The minimum atomic E-state index is -1.04. The lowest BCUT2D eigenvalue weighted by Gasteiger charge is -2.14. The van der Waals surface area contributed by atoms with E-state index in [1.54, 1.807) is 11.9 Å². The van der Waals surface area contributed by atoms with Gasteiger partial charge in [-0.1, -0.05) is 0 Å². The summed E-state index contributed by atoms with van der Waals surface area (Å²) >= 11 is 0. The summed E-state index contributed by atoms with van der Waals surface area (Å²) < 4.78 is 5.06. The number of carbonyl (C=O) groups is 2. The molecule has 0 radical (unpaired) electrons. The maximum Gasteiger partial charge on any atom is 0.332 e. The lowest BCUT2D eigenvalue weighted by Crippen LogP contribution is -2.32. The number of rotatable bonds is 3. The number of carboxylic acid groups (broad SMARTS) is 1. The predicted octanol–water partition coefficient (Wildman–Crippen LogP) is -0.293. The van der Waals surface area contributed by atoms with Crippen molar-refractivity contribution in [3.63, 3.8) is 0 Å². The van der Waals surface area contributed by atoms with E-state index in [9.17, 15) is 9.59 Å². The van der Waals surface area contributed by atoms with Crippen LogP contribution in [0.4, 0.5) is 0 Å². The highest BCUT2D eigenvalue weighted by molar-refractivity contribution is 5.83. The van der Waals surface area contributed by atoms with Gasteiger partial charge in [-0.3, -0.25) is 4.79 Å². The summed E-state index contributed by atoms with van der Waals surface area (Å²) in [5.41, 5.74) is 0. The molecular weight excluding hydrogens is 174 g/mol. The molecule has 1 amide bonds. The van der Waals surface area contributed by atoms with Crippen molar-refractivity contribution in [3.8, 4) is 0 Å². The second-order valence-electron chi connectivity index (χ2n) is 3.15. The summed E-state index contributed by atoms with van der Waals surface area (Å²) in [4.78, 5) is 23.2. The fraction of sp³-hybridized carbons (Fsp3) is 0.750. The van der Waals surface area contributed by atoms with Crippen molar-refractivity contribution >= 4 is 11.9 Å². The fourth-order valence-corrected chi connectivity index (χ4v) is 1.22. The van der Waals surface area contributed by atoms with E-state index in [1.165, 1.54) is 6.92 Å². The lowest BCUT2D eigenvalue weighted by molar-refractivity contribution is -0.156. The van der Waals surface area contributed by atoms with Crippen molar-refractivity contribution < 1.29 is 19.4 Å². The van der Waals surface area contributed by atoms with Crippen LogP contribution in [0.2, 0.25) is 0 Å². The minimum absolute atomic E-state index is 0.131. The molecule has 1 saturated heterocycles. The van der Waals surface area contributed by atoms with Crippen molar-refractivity contribution in [2.75, 3.05) is 13.6 Å². The zero-order valence-electron chi connectivity index (χ0n) is 7.69. The number of hydrogen-bond acceptors (Lipinski definition) is 3. The molecule has 1 aliphatic rings. The summed E-state index contributed by atoms with van der Waals surface area (Å²) in [6.07, 6.45) is -0.913. The quantitative estimate of drug-likeness (QED) is 0.659. The summed E-state index contributed by atoms with van der Waals surface area (Å²) in [6, 6.07) is 0. The summed E-state index contributed by atoms with van der Waals surface area (Å²) in [5.74, 6) is -1.17. The third kappa shape index (κ3) is 2.18. The predicted molar refractivity (Wildman–Crippen MR) is 44.2 cm³/mol. The van der Waals surface area contributed by atoms with Crippen LogP contribution in [-0.2, 0) is 14.3 Å². The molecule has 1 aliphatic heterocycles. The van der Waals surface area contributed by atoms with E-state index in [4.69, 9.17) is 9.84 Å². The van der Waals surface area contributed by atoms with Crippen molar-refractivity contribution in [2.24, 2.45) is 0 Å². The van der Waals surface area contributed by atoms with Crippen LogP contribution in [0.1, 0.15) is 13.3 Å². The Hall–Kier alpha value is -1.10. The van der Waals surface area contributed by atoms with Gasteiger partial charge in [0.2, 0.25) is 0 Å². The second kappa shape index (κ2) is 3.74. The van der Waals surface area contributed by atoms with Gasteiger partial charge >= 0.3 is 5.97 Å². The Labute approximate surface area is 76.3 Å². The van der Waals surface area contributed by atoms with Gasteiger partial charge in [-0.2, -0.15) is 0 Å². The number of likely N-dealkylation sites (tertiary alicyclic amines) is 1. The van der Waals surface area contributed by atoms with Gasteiger partial charge in [0.15, 0.2) is 6.10 Å². The van der Waals surface area contributed by atoms with E-state index in [0.717, 1.165) is 0 Å². The Morgan fingerprint density at radius 2 is 2.38 bits per heavy atom. The average molecular weight is 187 g/mol. The number of nitrogens with zero attached hydrogens (tertiary/aromatic N) is 1. The molecule has 0 aromatic rings. The fourth-order valence-electron chi connectivity index (χ4n) is 1.22. The van der Waals surface area contributed by atoms with Gasteiger partial charge in [0.25, 0.3) is 5.91 Å². The molecule has 5 nitrogen and oxygen atoms in total. The highest BCUT2D eigenvalue weighted by Crippen LogP contribution is 2.14. The number of carbonyl (C=O) groups excluding carboxylic acids is 1. The maximum atomic E-state index is 11.3. The number of carboxylic acids is 1. The molecule has 1 rings (SSSR count). The first-order chi connectivity index (χ1) is 6.02. The van der Waals surface area contributed by atoms with Crippen molar-refractivity contribution in [3.05, 3.63) is 0 Å². The largest absolute Gasteiger partial charge is 0.479 e. The van der Waals surface area contributed by atoms with Gasteiger partial charge in [-0.05, 0) is 6.92 Å². The molecule has 0 bridgehead atoms. The van der Waals surface area contributed by atoms with E-state index in [2.05, 4.69) is 0 Å². The first kappa shape index (κ1) is 9.98. The standard InChI is InChI=1S/C8H13NO4/c1-5(8(11)12)13-6-3-4-9(2)7(6)10/h5-6H,3-4H2,1-2H3,(H,11,12)/t5-,6?/m0/s1. The van der Waals surface area contributed by atoms with E-state index < -0.39 is 18.2 Å². The van der Waals surface area contributed by atoms with Crippen molar-refractivity contribution in [1.29, 1.82) is 0 Å². The van der Waals surface area contributed by atoms with Crippen LogP contribution >= 0.6 is 0 Å². The monoisotopic (exact) mass is 187 g/mol. The van der Waals surface area contributed by atoms with Crippen molar-refractivity contribution in [2.45, 2.75) is 25.6 Å². The summed E-state index contributed by atoms with van der Waals surface area (Å²) in [7, 11) is 1.68. The van der Waals surface area contributed by atoms with Gasteiger partial charge in [-0.15, -0.1) is 0 Å². The van der Waals surface area contributed by atoms with E-state index in [0.29, 0.717) is 13.0 Å². The van der Waals surface area contributed by atoms with E-state index >= 15 is 0 Å². The smallest absolute Gasteiger partial charge is 0.332 e. The van der Waals surface area contributed by atoms with Crippen LogP contribution in [0, 0.1) is 0 Å². The zero-order valence-corrected chi connectivity index (χ0v) is 7.69. The Morgan fingerprint density at radius 1 is 1.77 bits per heavy atom. The summed E-state index contributed by atoms with van der Waals surface area (Å²) in [5, 5.41) is 8.54. The van der Waals surface area contributed by atoms with Crippen molar-refractivity contribution in [1.82, 2.24) is 4.90 Å². The molecule has 1 N–H and O–H groups in total. The van der Waals surface area contributed by atoms with Gasteiger partial charge in [-0.25, -0.2) is 4.79 Å². The van der Waals surface area contributed by atoms with Gasteiger partial charge in [0.1, 0.15) is 6.10 Å². The molecule has 74 valence electrons. The van der Waals surface area contributed by atoms with Crippen LogP contribution in [0.3, 0.4) is 0 Å².